The van der Waals surface area contributed by atoms with Gasteiger partial charge in [0.05, 0.1) is 24.3 Å². The number of nitro groups is 1. The number of ether oxygens (including phenoxy) is 1. The van der Waals surface area contributed by atoms with Crippen molar-refractivity contribution in [1.82, 2.24) is 0 Å². The quantitative estimate of drug-likeness (QED) is 0.457. The van der Waals surface area contributed by atoms with E-state index in [4.69, 9.17) is 0 Å². The lowest BCUT2D eigenvalue weighted by Crippen LogP contribution is -2.27. The Hall–Kier alpha value is -2.51. The predicted molar refractivity (Wildman–Crippen MR) is 61.1 cm³/mol. The van der Waals surface area contributed by atoms with E-state index in [0.717, 1.165) is 0 Å². The first-order valence-corrected chi connectivity index (χ1v) is 5.12. The first-order chi connectivity index (χ1) is 8.61. The molecule has 2 rings (SSSR count). The smallest absolute Gasteiger partial charge is 0.334 e. The first kappa shape index (κ1) is 12.0. The lowest BCUT2D eigenvalue weighted by molar-refractivity contribution is -0.384. The van der Waals surface area contributed by atoms with E-state index in [1.807, 2.05) is 0 Å². The monoisotopic (exact) mass is 250 g/mol. The molecule has 0 unspecified atom stereocenters. The molecule has 0 saturated heterocycles. The van der Waals surface area contributed by atoms with Crippen molar-refractivity contribution in [3.8, 4) is 0 Å². The topological polar surface area (TPSA) is 97.4 Å². The molecule has 0 amide bonds. The fraction of sp³-hybridized carbons (Fsp3) is 0.300. The second kappa shape index (κ2) is 4.78. The van der Waals surface area contributed by atoms with Crippen LogP contribution in [0.3, 0.4) is 0 Å². The van der Waals surface area contributed by atoms with Crippen molar-refractivity contribution in [2.75, 3.05) is 18.7 Å². The Balaban J connectivity index is 2.08. The Bertz CT molecular complexity index is 499. The minimum Gasteiger partial charge on any atom is -0.467 e. The van der Waals surface area contributed by atoms with Gasteiger partial charge in [-0.1, -0.05) is 5.22 Å². The van der Waals surface area contributed by atoms with Crippen molar-refractivity contribution in [2.45, 2.75) is 6.04 Å². The van der Waals surface area contributed by atoms with Gasteiger partial charge in [0, 0.05) is 12.1 Å². The van der Waals surface area contributed by atoms with E-state index in [9.17, 15) is 14.9 Å². The SMILES string of the molecule is COC(=O)[C@@H]1CN(c2ccc([N+](=O)[O-])cc2)N=N1. The van der Waals surface area contributed by atoms with Gasteiger partial charge in [0.15, 0.2) is 6.04 Å². The number of benzene rings is 1. The van der Waals surface area contributed by atoms with Crippen molar-refractivity contribution < 1.29 is 14.5 Å². The van der Waals surface area contributed by atoms with Crippen molar-refractivity contribution >= 4 is 17.3 Å². The average molecular weight is 250 g/mol. The molecule has 0 spiro atoms. The maximum Gasteiger partial charge on any atom is 0.334 e. The summed E-state index contributed by atoms with van der Waals surface area (Å²) in [4.78, 5) is 21.3. The Labute approximate surface area is 102 Å². The number of carbonyl (C=O) groups excluding carboxylic acids is 1. The van der Waals surface area contributed by atoms with Gasteiger partial charge in [-0.3, -0.25) is 10.1 Å². The van der Waals surface area contributed by atoms with E-state index in [1.54, 1.807) is 12.1 Å². The van der Waals surface area contributed by atoms with Crippen LogP contribution in [0.5, 0.6) is 0 Å². The highest BCUT2D eigenvalue weighted by atomic mass is 16.6. The number of nitro benzene ring substituents is 1. The normalized spacial score (nSPS) is 17.8. The highest BCUT2D eigenvalue weighted by Crippen LogP contribution is 2.23. The van der Waals surface area contributed by atoms with Crippen LogP contribution in [-0.4, -0.2) is 30.6 Å². The zero-order valence-electron chi connectivity index (χ0n) is 9.52. The Kier molecular flexibility index (Phi) is 3.18. The zero-order valence-corrected chi connectivity index (χ0v) is 9.52. The van der Waals surface area contributed by atoms with Gasteiger partial charge in [0.25, 0.3) is 5.69 Å². The number of methoxy groups -OCH3 is 1. The molecule has 0 N–H and O–H groups in total. The summed E-state index contributed by atoms with van der Waals surface area (Å²) in [7, 11) is 1.28. The van der Waals surface area contributed by atoms with Gasteiger partial charge in [-0.2, -0.15) is 5.11 Å². The second-order valence-corrected chi connectivity index (χ2v) is 3.60. The minimum absolute atomic E-state index is 0.000552. The summed E-state index contributed by atoms with van der Waals surface area (Å²) < 4.78 is 4.56. The Morgan fingerprint density at radius 2 is 2.17 bits per heavy atom. The molecule has 1 aliphatic heterocycles. The number of nitrogens with zero attached hydrogens (tertiary/aromatic N) is 4. The van der Waals surface area contributed by atoms with Crippen LogP contribution >= 0.6 is 0 Å². The summed E-state index contributed by atoms with van der Waals surface area (Å²) in [5.74, 6) is -0.455. The van der Waals surface area contributed by atoms with Crippen LogP contribution in [0.2, 0.25) is 0 Å². The third-order valence-corrected chi connectivity index (χ3v) is 2.48. The maximum atomic E-state index is 11.2. The largest absolute Gasteiger partial charge is 0.467 e. The van der Waals surface area contributed by atoms with Crippen molar-refractivity contribution in [2.24, 2.45) is 10.3 Å². The van der Waals surface area contributed by atoms with E-state index >= 15 is 0 Å². The van der Waals surface area contributed by atoms with Crippen LogP contribution in [0.25, 0.3) is 0 Å². The van der Waals surface area contributed by atoms with E-state index in [1.165, 1.54) is 24.3 Å². The van der Waals surface area contributed by atoms with Gasteiger partial charge in [-0.15, -0.1) is 0 Å². The third-order valence-electron chi connectivity index (χ3n) is 2.48. The van der Waals surface area contributed by atoms with E-state index in [2.05, 4.69) is 15.1 Å². The molecular formula is C10H10N4O4. The van der Waals surface area contributed by atoms with Crippen molar-refractivity contribution in [3.63, 3.8) is 0 Å². The highest BCUT2D eigenvalue weighted by molar-refractivity contribution is 5.77. The maximum absolute atomic E-state index is 11.2. The van der Waals surface area contributed by atoms with Gasteiger partial charge >= 0.3 is 5.97 Å². The van der Waals surface area contributed by atoms with Gasteiger partial charge < -0.3 is 4.74 Å². The summed E-state index contributed by atoms with van der Waals surface area (Å²) in [6, 6.07) is 5.20. The number of anilines is 1. The summed E-state index contributed by atoms with van der Waals surface area (Å²) in [6.07, 6.45) is 0. The Morgan fingerprint density at radius 1 is 1.50 bits per heavy atom. The van der Waals surface area contributed by atoms with Crippen LogP contribution in [0.1, 0.15) is 0 Å². The molecule has 1 aromatic rings. The molecule has 8 nitrogen and oxygen atoms in total. The van der Waals surface area contributed by atoms with E-state index in [-0.39, 0.29) is 12.2 Å². The van der Waals surface area contributed by atoms with E-state index in [0.29, 0.717) is 5.69 Å². The van der Waals surface area contributed by atoms with Gasteiger partial charge in [0.1, 0.15) is 0 Å². The predicted octanol–water partition coefficient (Wildman–Crippen LogP) is 1.32. The molecule has 18 heavy (non-hydrogen) atoms. The van der Waals surface area contributed by atoms with E-state index < -0.39 is 16.9 Å². The average Bonchev–Trinajstić information content (AvgIpc) is 2.87. The van der Waals surface area contributed by atoms with Gasteiger partial charge in [-0.05, 0) is 12.1 Å². The first-order valence-electron chi connectivity index (χ1n) is 5.12. The Morgan fingerprint density at radius 3 is 2.72 bits per heavy atom. The number of non-ortho nitro benzene ring substituents is 1. The summed E-state index contributed by atoms with van der Waals surface area (Å²) in [5, 5.41) is 19.6. The summed E-state index contributed by atoms with van der Waals surface area (Å²) >= 11 is 0. The standard InChI is InChI=1S/C10H10N4O4/c1-18-10(15)9-6-13(12-11-9)7-2-4-8(5-3-7)14(16)17/h2-5,9H,6H2,1H3/t9-/m0/s1. The molecule has 8 heteroatoms. The lowest BCUT2D eigenvalue weighted by Gasteiger charge is -2.12. The van der Waals surface area contributed by atoms with Gasteiger partial charge in [-0.25, -0.2) is 9.80 Å². The lowest BCUT2D eigenvalue weighted by atomic mass is 10.2. The fourth-order valence-corrected chi connectivity index (χ4v) is 1.52. The minimum atomic E-state index is -0.648. The molecule has 94 valence electrons. The molecule has 0 aliphatic carbocycles. The summed E-state index contributed by atoms with van der Waals surface area (Å²) in [6.45, 7) is 0.268. The van der Waals surface area contributed by atoms with Crippen LogP contribution in [0.15, 0.2) is 34.6 Å². The number of carbonyl (C=O) groups is 1. The molecule has 1 heterocycles. The molecule has 1 aliphatic rings. The van der Waals surface area contributed by atoms with Crippen molar-refractivity contribution in [3.05, 3.63) is 34.4 Å². The van der Waals surface area contributed by atoms with Gasteiger partial charge in [0.2, 0.25) is 0 Å². The van der Waals surface area contributed by atoms with Crippen LogP contribution in [0.4, 0.5) is 11.4 Å². The highest BCUT2D eigenvalue weighted by Gasteiger charge is 2.27. The molecule has 1 aromatic carbocycles. The second-order valence-electron chi connectivity index (χ2n) is 3.60. The third kappa shape index (κ3) is 2.26. The molecule has 0 aromatic heterocycles. The molecular weight excluding hydrogens is 240 g/mol. The molecule has 0 saturated carbocycles. The number of hydrogen-bond donors (Lipinski definition) is 0. The van der Waals surface area contributed by atoms with Crippen LogP contribution in [-0.2, 0) is 9.53 Å². The summed E-state index contributed by atoms with van der Waals surface area (Å²) in [5.41, 5.74) is 0.634. The molecule has 0 bridgehead atoms. The number of rotatable bonds is 3. The molecule has 0 fully saturated rings. The fourth-order valence-electron chi connectivity index (χ4n) is 1.52. The molecule has 0 radical (unpaired) electrons. The van der Waals surface area contributed by atoms with Crippen LogP contribution in [0, 0.1) is 10.1 Å². The molecule has 1 atom stereocenters. The zero-order chi connectivity index (χ0) is 13.1. The van der Waals surface area contributed by atoms with Crippen molar-refractivity contribution in [1.29, 1.82) is 0 Å². The van der Waals surface area contributed by atoms with Crippen LogP contribution < -0.4 is 5.01 Å². The number of esters is 1. The number of hydrogen-bond acceptors (Lipinski definition) is 7.